The molecule has 0 aliphatic heterocycles. The van der Waals surface area contributed by atoms with E-state index >= 15 is 0 Å². The van der Waals surface area contributed by atoms with Crippen LogP contribution in [-0.4, -0.2) is 36.0 Å². The van der Waals surface area contributed by atoms with Crippen molar-refractivity contribution in [2.45, 2.75) is 39.7 Å². The summed E-state index contributed by atoms with van der Waals surface area (Å²) >= 11 is 0. The SMILES string of the molecule is CC(C)C(=O)NC(C)C(=O)N(CCCCN)N=O. The van der Waals surface area contributed by atoms with Gasteiger partial charge in [0.2, 0.25) is 5.91 Å². The van der Waals surface area contributed by atoms with E-state index < -0.39 is 11.9 Å². The summed E-state index contributed by atoms with van der Waals surface area (Å²) in [6.45, 7) is 5.71. The van der Waals surface area contributed by atoms with E-state index in [0.717, 1.165) is 5.01 Å². The molecule has 104 valence electrons. The number of carbonyl (C=O) groups excluding carboxylic acids is 2. The van der Waals surface area contributed by atoms with E-state index in [4.69, 9.17) is 5.73 Å². The van der Waals surface area contributed by atoms with Crippen LogP contribution in [0, 0.1) is 10.8 Å². The lowest BCUT2D eigenvalue weighted by Crippen LogP contribution is -2.46. The van der Waals surface area contributed by atoms with E-state index in [1.54, 1.807) is 13.8 Å². The highest BCUT2D eigenvalue weighted by Crippen LogP contribution is 2.01. The van der Waals surface area contributed by atoms with Crippen molar-refractivity contribution in [3.8, 4) is 0 Å². The Balaban J connectivity index is 4.31. The summed E-state index contributed by atoms with van der Waals surface area (Å²) in [5.74, 6) is -0.949. The van der Waals surface area contributed by atoms with Crippen LogP contribution in [0.4, 0.5) is 0 Å². The fraction of sp³-hybridized carbons (Fsp3) is 0.818. The molecule has 7 heteroatoms. The van der Waals surface area contributed by atoms with Gasteiger partial charge >= 0.3 is 0 Å². The number of nitrogens with one attached hydrogen (secondary N) is 1. The van der Waals surface area contributed by atoms with Crippen molar-refractivity contribution in [2.24, 2.45) is 16.9 Å². The first-order chi connectivity index (χ1) is 8.43. The number of amides is 2. The molecule has 0 aromatic rings. The van der Waals surface area contributed by atoms with Gasteiger partial charge in [0.15, 0.2) is 0 Å². The minimum Gasteiger partial charge on any atom is -0.344 e. The highest BCUT2D eigenvalue weighted by atomic mass is 16.3. The van der Waals surface area contributed by atoms with Gasteiger partial charge < -0.3 is 11.1 Å². The van der Waals surface area contributed by atoms with E-state index in [0.29, 0.717) is 19.4 Å². The predicted molar refractivity (Wildman–Crippen MR) is 68.2 cm³/mol. The normalized spacial score (nSPS) is 12.1. The number of nitrogens with two attached hydrogens (primary N) is 1. The van der Waals surface area contributed by atoms with Gasteiger partial charge in [-0.2, -0.15) is 5.01 Å². The third-order valence-corrected chi connectivity index (χ3v) is 2.43. The van der Waals surface area contributed by atoms with Crippen LogP contribution in [0.1, 0.15) is 33.6 Å². The lowest BCUT2D eigenvalue weighted by molar-refractivity contribution is -0.136. The topological polar surface area (TPSA) is 105 Å². The Morgan fingerprint density at radius 3 is 2.33 bits per heavy atom. The van der Waals surface area contributed by atoms with E-state index in [1.807, 2.05) is 0 Å². The standard InChI is InChI=1S/C11H22N4O3/c1-8(2)10(16)13-9(3)11(17)15(14-18)7-5-4-6-12/h8-9H,4-7,12H2,1-3H3,(H,13,16). The van der Waals surface area contributed by atoms with Crippen LogP contribution in [-0.2, 0) is 9.59 Å². The summed E-state index contributed by atoms with van der Waals surface area (Å²) in [6.07, 6.45) is 1.32. The number of carbonyl (C=O) groups is 2. The third kappa shape index (κ3) is 5.72. The molecule has 18 heavy (non-hydrogen) atoms. The van der Waals surface area contributed by atoms with E-state index in [2.05, 4.69) is 10.6 Å². The van der Waals surface area contributed by atoms with Gasteiger partial charge in [-0.15, -0.1) is 4.91 Å². The number of nitrogens with zero attached hydrogens (tertiary/aromatic N) is 2. The first-order valence-electron chi connectivity index (χ1n) is 6.09. The molecule has 3 N–H and O–H groups in total. The molecule has 0 saturated carbocycles. The Hall–Kier alpha value is -1.50. The second-order valence-electron chi connectivity index (χ2n) is 4.42. The first-order valence-corrected chi connectivity index (χ1v) is 6.09. The van der Waals surface area contributed by atoms with Crippen molar-refractivity contribution < 1.29 is 9.59 Å². The number of unbranched alkanes of at least 4 members (excludes halogenated alkanes) is 1. The lowest BCUT2D eigenvalue weighted by Gasteiger charge is -2.19. The Kier molecular flexibility index (Phi) is 7.86. The Morgan fingerprint density at radius 1 is 1.28 bits per heavy atom. The first kappa shape index (κ1) is 16.5. The minimum atomic E-state index is -0.754. The zero-order valence-corrected chi connectivity index (χ0v) is 11.2. The second-order valence-corrected chi connectivity index (χ2v) is 4.42. The van der Waals surface area contributed by atoms with Gasteiger partial charge in [-0.05, 0) is 26.3 Å². The van der Waals surface area contributed by atoms with Crippen LogP contribution in [0.2, 0.25) is 0 Å². The number of rotatable bonds is 8. The molecule has 0 aromatic carbocycles. The molecular formula is C11H22N4O3. The van der Waals surface area contributed by atoms with Gasteiger partial charge in [0, 0.05) is 12.5 Å². The summed E-state index contributed by atoms with van der Waals surface area (Å²) in [4.78, 5) is 33.8. The fourth-order valence-corrected chi connectivity index (χ4v) is 1.26. The zero-order chi connectivity index (χ0) is 14.1. The van der Waals surface area contributed by atoms with E-state index in [-0.39, 0.29) is 18.4 Å². The van der Waals surface area contributed by atoms with Gasteiger partial charge in [0.05, 0.1) is 5.29 Å². The summed E-state index contributed by atoms with van der Waals surface area (Å²) in [5, 5.41) is 6.04. The third-order valence-electron chi connectivity index (χ3n) is 2.43. The maximum Gasteiger partial charge on any atom is 0.267 e. The van der Waals surface area contributed by atoms with Crippen LogP contribution in [0.5, 0.6) is 0 Å². The molecule has 0 radical (unpaired) electrons. The number of hydrogen-bond donors (Lipinski definition) is 2. The van der Waals surface area contributed by atoms with E-state index in [9.17, 15) is 14.5 Å². The fourth-order valence-electron chi connectivity index (χ4n) is 1.26. The van der Waals surface area contributed by atoms with Gasteiger partial charge in [-0.25, -0.2) is 0 Å². The van der Waals surface area contributed by atoms with Crippen LogP contribution in [0.3, 0.4) is 0 Å². The number of hydrogen-bond acceptors (Lipinski definition) is 5. The van der Waals surface area contributed by atoms with Crippen molar-refractivity contribution in [2.75, 3.05) is 13.1 Å². The molecule has 0 saturated heterocycles. The predicted octanol–water partition coefficient (Wildman–Crippen LogP) is 0.396. The van der Waals surface area contributed by atoms with Crippen LogP contribution in [0.25, 0.3) is 0 Å². The summed E-state index contributed by atoms with van der Waals surface area (Å²) in [6, 6.07) is -0.754. The molecule has 0 fully saturated rings. The molecule has 0 heterocycles. The van der Waals surface area contributed by atoms with Gasteiger partial charge in [-0.3, -0.25) is 9.59 Å². The Bertz CT molecular complexity index is 294. The monoisotopic (exact) mass is 258 g/mol. The van der Waals surface area contributed by atoms with Crippen molar-refractivity contribution in [1.29, 1.82) is 0 Å². The van der Waals surface area contributed by atoms with Crippen LogP contribution < -0.4 is 11.1 Å². The molecule has 0 spiro atoms. The summed E-state index contributed by atoms with van der Waals surface area (Å²) in [7, 11) is 0. The second kappa shape index (κ2) is 8.57. The molecular weight excluding hydrogens is 236 g/mol. The van der Waals surface area contributed by atoms with Crippen molar-refractivity contribution in [3.63, 3.8) is 0 Å². The smallest absolute Gasteiger partial charge is 0.267 e. The highest BCUT2D eigenvalue weighted by Gasteiger charge is 2.23. The number of nitroso groups, excluding NO2 is 1. The zero-order valence-electron chi connectivity index (χ0n) is 11.2. The average Bonchev–Trinajstić information content (AvgIpc) is 2.33. The minimum absolute atomic E-state index is 0.213. The van der Waals surface area contributed by atoms with Gasteiger partial charge in [0.25, 0.3) is 5.91 Å². The maximum atomic E-state index is 11.8. The molecule has 2 amide bonds. The van der Waals surface area contributed by atoms with Crippen LogP contribution >= 0.6 is 0 Å². The molecule has 0 bridgehead atoms. The van der Waals surface area contributed by atoms with E-state index in [1.165, 1.54) is 6.92 Å². The molecule has 1 unspecified atom stereocenters. The summed E-state index contributed by atoms with van der Waals surface area (Å²) in [5.41, 5.74) is 5.32. The van der Waals surface area contributed by atoms with Crippen molar-refractivity contribution >= 4 is 11.8 Å². The molecule has 0 aromatic heterocycles. The van der Waals surface area contributed by atoms with Gasteiger partial charge in [-0.1, -0.05) is 13.8 Å². The largest absolute Gasteiger partial charge is 0.344 e. The molecule has 1 atom stereocenters. The highest BCUT2D eigenvalue weighted by molar-refractivity contribution is 5.87. The lowest BCUT2D eigenvalue weighted by atomic mass is 10.2. The van der Waals surface area contributed by atoms with Crippen molar-refractivity contribution in [3.05, 3.63) is 4.91 Å². The molecule has 0 rings (SSSR count). The van der Waals surface area contributed by atoms with Crippen molar-refractivity contribution in [1.82, 2.24) is 10.3 Å². The maximum absolute atomic E-state index is 11.8. The van der Waals surface area contributed by atoms with Crippen LogP contribution in [0.15, 0.2) is 5.29 Å². The Labute approximate surface area is 107 Å². The molecule has 0 aliphatic carbocycles. The molecule has 0 aliphatic rings. The summed E-state index contributed by atoms with van der Waals surface area (Å²) < 4.78 is 0. The average molecular weight is 258 g/mol. The molecule has 7 nitrogen and oxygen atoms in total. The Morgan fingerprint density at radius 2 is 1.89 bits per heavy atom. The quantitative estimate of drug-likeness (QED) is 0.373. The van der Waals surface area contributed by atoms with Gasteiger partial charge in [0.1, 0.15) is 6.04 Å².